The smallest absolute Gasteiger partial charge is 0.394 e. The van der Waals surface area contributed by atoms with Crippen molar-refractivity contribution < 1.29 is 18.3 Å². The van der Waals surface area contributed by atoms with Gasteiger partial charge in [0.05, 0.1) is 17.7 Å². The number of aliphatic hydroxyl groups excluding tert-OH is 1. The zero-order valence-electron chi connectivity index (χ0n) is 11.3. The number of hydrogen-bond acceptors (Lipinski definition) is 3. The van der Waals surface area contributed by atoms with Crippen LogP contribution in [0.1, 0.15) is 25.0 Å². The number of aliphatic hydroxyl groups is 1. The summed E-state index contributed by atoms with van der Waals surface area (Å²) < 4.78 is 39.3. The van der Waals surface area contributed by atoms with Gasteiger partial charge in [0.1, 0.15) is 0 Å². The Kier molecular flexibility index (Phi) is 4.47. The van der Waals surface area contributed by atoms with Crippen molar-refractivity contribution in [2.45, 2.75) is 32.1 Å². The first-order chi connectivity index (χ1) is 8.63. The number of alkyl halides is 3. The van der Waals surface area contributed by atoms with Crippen molar-refractivity contribution in [3.63, 3.8) is 0 Å². The largest absolute Gasteiger partial charge is 0.418 e. The average molecular weight is 276 g/mol. The standard InChI is InChI=1S/C13H19F3N2O/c1-12(2,8-19)18(3)11-5-4-9(7-17)6-10(11)13(14,15)16/h4-6,19H,7-8,17H2,1-3H3. The van der Waals surface area contributed by atoms with Gasteiger partial charge in [0.15, 0.2) is 0 Å². The third-order valence-electron chi connectivity index (χ3n) is 3.26. The van der Waals surface area contributed by atoms with Crippen molar-refractivity contribution in [2.75, 3.05) is 18.6 Å². The molecule has 3 N–H and O–H groups in total. The third kappa shape index (κ3) is 3.39. The van der Waals surface area contributed by atoms with Gasteiger partial charge in [-0.1, -0.05) is 6.07 Å². The predicted molar refractivity (Wildman–Crippen MR) is 68.9 cm³/mol. The van der Waals surface area contributed by atoms with Gasteiger partial charge in [-0.3, -0.25) is 0 Å². The van der Waals surface area contributed by atoms with E-state index in [1.165, 1.54) is 18.0 Å². The zero-order chi connectivity index (χ0) is 14.8. The monoisotopic (exact) mass is 276 g/mol. The highest BCUT2D eigenvalue weighted by Gasteiger charge is 2.36. The lowest BCUT2D eigenvalue weighted by atomic mass is 10.0. The average Bonchev–Trinajstić information content (AvgIpc) is 2.36. The molecule has 0 spiro atoms. The lowest BCUT2D eigenvalue weighted by Crippen LogP contribution is -2.45. The Morgan fingerprint density at radius 1 is 1.26 bits per heavy atom. The molecule has 0 aliphatic carbocycles. The minimum atomic E-state index is -4.46. The highest BCUT2D eigenvalue weighted by atomic mass is 19.4. The SMILES string of the molecule is CN(c1ccc(CN)cc1C(F)(F)F)C(C)(C)CO. The topological polar surface area (TPSA) is 49.5 Å². The lowest BCUT2D eigenvalue weighted by Gasteiger charge is -2.37. The summed E-state index contributed by atoms with van der Waals surface area (Å²) in [6.07, 6.45) is -4.46. The summed E-state index contributed by atoms with van der Waals surface area (Å²) in [5, 5.41) is 9.28. The summed E-state index contributed by atoms with van der Waals surface area (Å²) in [6.45, 7) is 3.14. The van der Waals surface area contributed by atoms with E-state index in [-0.39, 0.29) is 18.8 Å². The normalized spacial score (nSPS) is 12.6. The van der Waals surface area contributed by atoms with E-state index in [0.717, 1.165) is 6.07 Å². The number of rotatable bonds is 4. The molecule has 1 rings (SSSR count). The van der Waals surface area contributed by atoms with Gasteiger partial charge in [-0.25, -0.2) is 0 Å². The van der Waals surface area contributed by atoms with E-state index in [1.54, 1.807) is 19.9 Å². The lowest BCUT2D eigenvalue weighted by molar-refractivity contribution is -0.137. The van der Waals surface area contributed by atoms with Gasteiger partial charge in [-0.15, -0.1) is 0 Å². The van der Waals surface area contributed by atoms with Crippen LogP contribution >= 0.6 is 0 Å². The van der Waals surface area contributed by atoms with Crippen molar-refractivity contribution in [1.29, 1.82) is 0 Å². The fourth-order valence-corrected chi connectivity index (χ4v) is 1.66. The predicted octanol–water partition coefficient (Wildman–Crippen LogP) is 2.37. The molecule has 0 radical (unpaired) electrons. The molecule has 0 atom stereocenters. The first kappa shape index (κ1) is 15.8. The van der Waals surface area contributed by atoms with E-state index < -0.39 is 17.3 Å². The summed E-state index contributed by atoms with van der Waals surface area (Å²) in [5.74, 6) is 0. The van der Waals surface area contributed by atoms with Crippen LogP contribution in [0.2, 0.25) is 0 Å². The number of benzene rings is 1. The van der Waals surface area contributed by atoms with Crippen molar-refractivity contribution in [3.8, 4) is 0 Å². The van der Waals surface area contributed by atoms with Gasteiger partial charge in [-0.05, 0) is 31.5 Å². The van der Waals surface area contributed by atoms with Crippen molar-refractivity contribution in [1.82, 2.24) is 0 Å². The minimum Gasteiger partial charge on any atom is -0.394 e. The molecular weight excluding hydrogens is 257 g/mol. The van der Waals surface area contributed by atoms with E-state index in [9.17, 15) is 18.3 Å². The quantitative estimate of drug-likeness (QED) is 0.887. The van der Waals surface area contributed by atoms with Gasteiger partial charge in [0.2, 0.25) is 0 Å². The van der Waals surface area contributed by atoms with E-state index in [1.807, 2.05) is 0 Å². The van der Waals surface area contributed by atoms with Crippen LogP contribution in [0.5, 0.6) is 0 Å². The van der Waals surface area contributed by atoms with Crippen LogP contribution in [0, 0.1) is 0 Å². The Hall–Kier alpha value is -1.27. The molecule has 0 saturated carbocycles. The molecular formula is C13H19F3N2O. The molecule has 0 bridgehead atoms. The van der Waals surface area contributed by atoms with Crippen LogP contribution < -0.4 is 10.6 Å². The number of hydrogen-bond donors (Lipinski definition) is 2. The van der Waals surface area contributed by atoms with Crippen molar-refractivity contribution >= 4 is 5.69 Å². The molecule has 19 heavy (non-hydrogen) atoms. The van der Waals surface area contributed by atoms with Crippen LogP contribution in [-0.2, 0) is 12.7 Å². The minimum absolute atomic E-state index is 0.0313. The maximum atomic E-state index is 13.1. The van der Waals surface area contributed by atoms with Gasteiger partial charge < -0.3 is 15.7 Å². The second kappa shape index (κ2) is 5.38. The van der Waals surface area contributed by atoms with E-state index in [2.05, 4.69) is 0 Å². The fourth-order valence-electron chi connectivity index (χ4n) is 1.66. The van der Waals surface area contributed by atoms with E-state index >= 15 is 0 Å². The van der Waals surface area contributed by atoms with Crippen molar-refractivity contribution in [2.24, 2.45) is 5.73 Å². The number of nitrogens with zero attached hydrogens (tertiary/aromatic N) is 1. The van der Waals surface area contributed by atoms with Crippen molar-refractivity contribution in [3.05, 3.63) is 29.3 Å². The van der Waals surface area contributed by atoms with Crippen LogP contribution in [0.25, 0.3) is 0 Å². The van der Waals surface area contributed by atoms with Gasteiger partial charge in [0.25, 0.3) is 0 Å². The Balaban J connectivity index is 3.35. The molecule has 0 saturated heterocycles. The number of halogens is 3. The number of likely N-dealkylation sites (N-methyl/N-ethyl adjacent to an activating group) is 1. The first-order valence-corrected chi connectivity index (χ1v) is 5.88. The summed E-state index contributed by atoms with van der Waals surface area (Å²) in [5.41, 5.74) is 4.31. The van der Waals surface area contributed by atoms with Gasteiger partial charge >= 0.3 is 6.18 Å². The highest BCUT2D eigenvalue weighted by molar-refractivity contribution is 5.57. The third-order valence-corrected chi connectivity index (χ3v) is 3.26. The number of nitrogens with two attached hydrogens (primary N) is 1. The zero-order valence-corrected chi connectivity index (χ0v) is 11.3. The highest BCUT2D eigenvalue weighted by Crippen LogP contribution is 2.38. The molecule has 0 amide bonds. The summed E-state index contributed by atoms with van der Waals surface area (Å²) in [7, 11) is 1.53. The van der Waals surface area contributed by atoms with Crippen LogP contribution in [0.15, 0.2) is 18.2 Å². The molecule has 108 valence electrons. The Bertz CT molecular complexity index is 444. The second-order valence-electron chi connectivity index (χ2n) is 5.08. The second-order valence-corrected chi connectivity index (χ2v) is 5.08. The summed E-state index contributed by atoms with van der Waals surface area (Å²) in [6, 6.07) is 4.01. The molecule has 1 aromatic rings. The summed E-state index contributed by atoms with van der Waals surface area (Å²) in [4.78, 5) is 1.43. The van der Waals surface area contributed by atoms with Gasteiger partial charge in [0, 0.05) is 19.3 Å². The molecule has 0 aromatic heterocycles. The molecule has 0 unspecified atom stereocenters. The maximum absolute atomic E-state index is 13.1. The van der Waals surface area contributed by atoms with Crippen LogP contribution in [-0.4, -0.2) is 24.3 Å². The molecule has 0 heterocycles. The van der Waals surface area contributed by atoms with Gasteiger partial charge in [-0.2, -0.15) is 13.2 Å². The Morgan fingerprint density at radius 2 is 1.84 bits per heavy atom. The van der Waals surface area contributed by atoms with E-state index in [4.69, 9.17) is 5.73 Å². The molecule has 3 nitrogen and oxygen atoms in total. The molecule has 0 aliphatic heterocycles. The summed E-state index contributed by atoms with van der Waals surface area (Å²) >= 11 is 0. The van der Waals surface area contributed by atoms with E-state index in [0.29, 0.717) is 5.56 Å². The maximum Gasteiger partial charge on any atom is 0.418 e. The molecule has 6 heteroatoms. The van der Waals surface area contributed by atoms with Crippen LogP contribution in [0.4, 0.5) is 18.9 Å². The fraction of sp³-hybridized carbons (Fsp3) is 0.538. The van der Waals surface area contributed by atoms with Crippen LogP contribution in [0.3, 0.4) is 0 Å². The molecule has 0 fully saturated rings. The Labute approximate surface area is 110 Å². The number of anilines is 1. The first-order valence-electron chi connectivity index (χ1n) is 5.88. The molecule has 0 aliphatic rings. The Morgan fingerprint density at radius 3 is 2.26 bits per heavy atom. The molecule has 1 aromatic carbocycles.